The van der Waals surface area contributed by atoms with Gasteiger partial charge in [-0.2, -0.15) is 18.2 Å². The molecule has 0 saturated carbocycles. The van der Waals surface area contributed by atoms with Crippen molar-refractivity contribution in [1.29, 1.82) is 0 Å². The van der Waals surface area contributed by atoms with Crippen LogP contribution in [0.1, 0.15) is 31.4 Å². The van der Waals surface area contributed by atoms with Gasteiger partial charge in [0.15, 0.2) is 5.50 Å². The number of halogens is 3. The minimum absolute atomic E-state index is 0.202. The highest BCUT2D eigenvalue weighted by atomic mass is 32.2. The molecule has 4 aliphatic rings. The van der Waals surface area contributed by atoms with Crippen molar-refractivity contribution in [1.82, 2.24) is 15.3 Å². The molecular formula is C30H32F3N5O5S. The van der Waals surface area contributed by atoms with E-state index in [9.17, 15) is 22.8 Å². The minimum atomic E-state index is -5.19. The lowest BCUT2D eigenvalue weighted by Gasteiger charge is -2.42. The van der Waals surface area contributed by atoms with E-state index in [1.165, 1.54) is 0 Å². The summed E-state index contributed by atoms with van der Waals surface area (Å²) >= 11 is 1.09. The minimum Gasteiger partial charge on any atom is -0.476 e. The molecule has 2 unspecified atom stereocenters. The summed E-state index contributed by atoms with van der Waals surface area (Å²) in [5.41, 5.74) is 2.29. The number of thioether (sulfide) groups is 1. The topological polar surface area (TPSA) is 105 Å². The van der Waals surface area contributed by atoms with Gasteiger partial charge in [0.25, 0.3) is 5.91 Å². The van der Waals surface area contributed by atoms with Crippen LogP contribution in [0.25, 0.3) is 0 Å². The third-order valence-electron chi connectivity index (χ3n) is 7.59. The van der Waals surface area contributed by atoms with Gasteiger partial charge in [0, 0.05) is 41.5 Å². The molecule has 4 aliphatic heterocycles. The van der Waals surface area contributed by atoms with Gasteiger partial charge in [-0.3, -0.25) is 9.69 Å². The number of hydrogen-bond acceptors (Lipinski definition) is 10. The van der Waals surface area contributed by atoms with Gasteiger partial charge in [0.2, 0.25) is 5.90 Å². The molecule has 0 radical (unpaired) electrons. The maximum Gasteiger partial charge on any atom is 0.493 e. The van der Waals surface area contributed by atoms with Crippen molar-refractivity contribution in [3.05, 3.63) is 70.3 Å². The van der Waals surface area contributed by atoms with Crippen LogP contribution in [0.15, 0.2) is 64.1 Å². The third-order valence-corrected chi connectivity index (χ3v) is 8.92. The molecule has 4 heterocycles. The lowest BCUT2D eigenvalue weighted by Crippen LogP contribution is -2.56. The standard InChI is InChI=1S/C30H32F3N5O5S/c1-29(2)16-23-24(25(39)36-29)44-28(38(23)43-27(40)30(31,32)33)37-11-13-41-17-22(37)15-18-4-3-5-21(14-18)35-20-8-6-19(7-9-20)26-34-10-12-42-26/h3-9,14,22,28,35H,10-13,15-17H2,1-2H3,(H,36,39). The van der Waals surface area contributed by atoms with E-state index in [1.807, 2.05) is 53.4 Å². The Morgan fingerprint density at radius 1 is 1.18 bits per heavy atom. The first kappa shape index (κ1) is 30.3. The maximum atomic E-state index is 13.3. The fourth-order valence-corrected chi connectivity index (χ4v) is 6.97. The molecule has 0 bridgehead atoms. The van der Waals surface area contributed by atoms with Crippen molar-refractivity contribution < 1.29 is 37.1 Å². The summed E-state index contributed by atoms with van der Waals surface area (Å²) in [7, 11) is 0. The normalized spacial score (nSPS) is 23.5. The molecule has 44 heavy (non-hydrogen) atoms. The molecule has 1 saturated heterocycles. The maximum absolute atomic E-state index is 13.3. The number of alkyl halides is 3. The molecule has 14 heteroatoms. The Morgan fingerprint density at radius 2 is 1.98 bits per heavy atom. The first-order valence-electron chi connectivity index (χ1n) is 14.2. The number of anilines is 2. The number of rotatable bonds is 7. The molecule has 1 amide bonds. The number of ether oxygens (including phenoxy) is 2. The van der Waals surface area contributed by atoms with Gasteiger partial charge in [-0.25, -0.2) is 9.79 Å². The number of nitrogens with zero attached hydrogens (tertiary/aromatic N) is 3. The largest absolute Gasteiger partial charge is 0.493 e. The predicted molar refractivity (Wildman–Crippen MR) is 158 cm³/mol. The molecule has 2 aromatic carbocycles. The molecule has 2 N–H and O–H groups in total. The monoisotopic (exact) mass is 631 g/mol. The molecule has 0 aromatic heterocycles. The van der Waals surface area contributed by atoms with E-state index in [0.717, 1.165) is 39.3 Å². The van der Waals surface area contributed by atoms with Crippen LogP contribution in [-0.4, -0.2) is 83.9 Å². The average molecular weight is 632 g/mol. The van der Waals surface area contributed by atoms with Crippen LogP contribution in [0.3, 0.4) is 0 Å². The zero-order chi connectivity index (χ0) is 31.1. The SMILES string of the molecule is CC1(C)CC2=C(SC(N3CCOCC3Cc3cccc(Nc4ccc(C5=NCCO5)cc4)c3)N2OC(=O)C(F)(F)F)C(=O)N1. The van der Waals surface area contributed by atoms with E-state index in [1.54, 1.807) is 13.8 Å². The van der Waals surface area contributed by atoms with Crippen molar-refractivity contribution in [2.24, 2.45) is 4.99 Å². The van der Waals surface area contributed by atoms with Gasteiger partial charge in [-0.1, -0.05) is 23.9 Å². The number of carbonyl (C=O) groups is 2. The van der Waals surface area contributed by atoms with E-state index in [-0.39, 0.29) is 23.1 Å². The fourth-order valence-electron chi connectivity index (χ4n) is 5.62. The summed E-state index contributed by atoms with van der Waals surface area (Å²) in [5.74, 6) is -2.09. The molecular weight excluding hydrogens is 599 g/mol. The first-order valence-corrected chi connectivity index (χ1v) is 15.1. The third kappa shape index (κ3) is 6.52. The molecule has 234 valence electrons. The molecule has 6 rings (SSSR count). The van der Waals surface area contributed by atoms with Crippen molar-refractivity contribution in [3.8, 4) is 0 Å². The van der Waals surface area contributed by atoms with Gasteiger partial charge in [-0.15, -0.1) is 0 Å². The first-order chi connectivity index (χ1) is 21.0. The Labute approximate surface area is 256 Å². The van der Waals surface area contributed by atoms with Crippen LogP contribution in [0.2, 0.25) is 0 Å². The smallest absolute Gasteiger partial charge is 0.476 e. The van der Waals surface area contributed by atoms with Crippen LogP contribution in [0.4, 0.5) is 24.5 Å². The number of carbonyl (C=O) groups excluding carboxylic acids is 2. The van der Waals surface area contributed by atoms with Crippen LogP contribution < -0.4 is 10.6 Å². The molecule has 2 aromatic rings. The predicted octanol–water partition coefficient (Wildman–Crippen LogP) is 4.31. The number of hydroxylamine groups is 2. The van der Waals surface area contributed by atoms with Crippen molar-refractivity contribution in [2.75, 3.05) is 38.2 Å². The van der Waals surface area contributed by atoms with E-state index in [2.05, 4.69) is 15.6 Å². The number of amides is 1. The second-order valence-corrected chi connectivity index (χ2v) is 12.6. The van der Waals surface area contributed by atoms with Gasteiger partial charge in [0.05, 0.1) is 30.4 Å². The number of nitrogens with one attached hydrogen (secondary N) is 2. The highest BCUT2D eigenvalue weighted by molar-refractivity contribution is 8.04. The van der Waals surface area contributed by atoms with Gasteiger partial charge in [-0.05, 0) is 62.2 Å². The summed E-state index contributed by atoms with van der Waals surface area (Å²) in [6, 6.07) is 15.4. The van der Waals surface area contributed by atoms with Crippen molar-refractivity contribution in [2.45, 2.75) is 49.9 Å². The number of benzene rings is 2. The zero-order valence-electron chi connectivity index (χ0n) is 24.1. The summed E-state index contributed by atoms with van der Waals surface area (Å²) < 4.78 is 51.3. The van der Waals surface area contributed by atoms with E-state index in [0.29, 0.717) is 45.2 Å². The Balaban J connectivity index is 1.20. The van der Waals surface area contributed by atoms with Crippen molar-refractivity contribution >= 4 is 40.9 Å². The summed E-state index contributed by atoms with van der Waals surface area (Å²) in [6.07, 6.45) is -4.48. The Hall–Kier alpha value is -3.75. The van der Waals surface area contributed by atoms with E-state index < -0.39 is 29.1 Å². The van der Waals surface area contributed by atoms with Crippen LogP contribution in [-0.2, 0) is 30.3 Å². The number of morpholine rings is 1. The van der Waals surface area contributed by atoms with E-state index in [4.69, 9.17) is 14.3 Å². The Bertz CT molecular complexity index is 1500. The van der Waals surface area contributed by atoms with Gasteiger partial charge in [0.1, 0.15) is 6.61 Å². The highest BCUT2D eigenvalue weighted by Gasteiger charge is 2.51. The molecule has 2 atom stereocenters. The Kier molecular flexibility index (Phi) is 8.24. The second-order valence-electron chi connectivity index (χ2n) is 11.5. The quantitative estimate of drug-likeness (QED) is 0.463. The zero-order valence-corrected chi connectivity index (χ0v) is 25.0. The molecule has 0 aliphatic carbocycles. The van der Waals surface area contributed by atoms with Gasteiger partial charge < -0.3 is 24.9 Å². The lowest BCUT2D eigenvalue weighted by atomic mass is 9.94. The van der Waals surface area contributed by atoms with Gasteiger partial charge >= 0.3 is 12.1 Å². The molecule has 10 nitrogen and oxygen atoms in total. The van der Waals surface area contributed by atoms with Crippen molar-refractivity contribution in [3.63, 3.8) is 0 Å². The van der Waals surface area contributed by atoms with E-state index >= 15 is 0 Å². The summed E-state index contributed by atoms with van der Waals surface area (Å²) in [6.45, 7) is 5.80. The number of hydrogen-bond donors (Lipinski definition) is 2. The average Bonchev–Trinajstić information content (AvgIpc) is 3.62. The van der Waals surface area contributed by atoms with Crippen LogP contribution in [0.5, 0.6) is 0 Å². The number of aliphatic imine (C=N–C) groups is 1. The molecule has 0 spiro atoms. The molecule has 1 fully saturated rings. The van der Waals surface area contributed by atoms with Crippen LogP contribution in [0, 0.1) is 0 Å². The fraction of sp³-hybridized carbons (Fsp3) is 0.433. The lowest BCUT2D eigenvalue weighted by molar-refractivity contribution is -0.243. The highest BCUT2D eigenvalue weighted by Crippen LogP contribution is 2.46. The summed E-state index contributed by atoms with van der Waals surface area (Å²) in [5, 5.41) is 7.27. The second kappa shape index (κ2) is 12.0. The Morgan fingerprint density at radius 3 is 2.70 bits per heavy atom. The summed E-state index contributed by atoms with van der Waals surface area (Å²) in [4.78, 5) is 36.5. The van der Waals surface area contributed by atoms with Crippen LogP contribution >= 0.6 is 11.8 Å².